The fraction of sp³-hybridized carbons (Fsp3) is 0.267. The summed E-state index contributed by atoms with van der Waals surface area (Å²) in [7, 11) is 0. The molecule has 1 atom stereocenters. The van der Waals surface area contributed by atoms with Gasteiger partial charge in [0, 0.05) is 31.4 Å². The number of nitrogens with zero attached hydrogens (tertiary/aromatic N) is 1. The summed E-state index contributed by atoms with van der Waals surface area (Å²) >= 11 is 11.8. The zero-order valence-corrected chi connectivity index (χ0v) is 12.7. The maximum atomic E-state index is 12.2. The van der Waals surface area contributed by atoms with Crippen molar-refractivity contribution in [3.05, 3.63) is 52.3 Å². The molecule has 0 spiro atoms. The van der Waals surface area contributed by atoms with Gasteiger partial charge in [0.2, 0.25) is 0 Å². The molecule has 1 amide bonds. The number of rotatable bonds is 3. The molecule has 2 heterocycles. The third-order valence-electron chi connectivity index (χ3n) is 3.47. The molecular formula is C15H14Cl2N2O2. The molecule has 1 aromatic heterocycles. The van der Waals surface area contributed by atoms with Crippen molar-refractivity contribution in [2.45, 2.75) is 12.5 Å². The van der Waals surface area contributed by atoms with Crippen molar-refractivity contribution in [3.8, 4) is 5.75 Å². The van der Waals surface area contributed by atoms with Gasteiger partial charge < -0.3 is 14.6 Å². The van der Waals surface area contributed by atoms with Crippen LogP contribution in [0, 0.1) is 0 Å². The van der Waals surface area contributed by atoms with E-state index in [9.17, 15) is 4.79 Å². The van der Waals surface area contributed by atoms with Crippen molar-refractivity contribution in [1.82, 2.24) is 9.88 Å². The molecule has 110 valence electrons. The van der Waals surface area contributed by atoms with E-state index in [0.29, 0.717) is 34.4 Å². The molecule has 0 radical (unpaired) electrons. The van der Waals surface area contributed by atoms with Gasteiger partial charge in [0.15, 0.2) is 0 Å². The van der Waals surface area contributed by atoms with E-state index in [4.69, 9.17) is 27.9 Å². The Morgan fingerprint density at radius 3 is 2.86 bits per heavy atom. The molecule has 4 nitrogen and oxygen atoms in total. The van der Waals surface area contributed by atoms with Gasteiger partial charge in [-0.1, -0.05) is 23.2 Å². The van der Waals surface area contributed by atoms with Crippen LogP contribution < -0.4 is 4.74 Å². The summed E-state index contributed by atoms with van der Waals surface area (Å²) < 4.78 is 5.86. The van der Waals surface area contributed by atoms with E-state index in [2.05, 4.69) is 4.98 Å². The second-order valence-corrected chi connectivity index (χ2v) is 5.77. The number of benzene rings is 1. The van der Waals surface area contributed by atoms with Crippen molar-refractivity contribution < 1.29 is 9.53 Å². The number of H-pyrrole nitrogens is 1. The standard InChI is InChI=1S/C15H14Cl2N2O2/c16-13-2-1-11(7-14(13)17)21-12-4-6-19(9-12)15(20)10-3-5-18-8-10/h1-3,5,7-8,12,18H,4,6,9H2. The summed E-state index contributed by atoms with van der Waals surface area (Å²) in [6.07, 6.45) is 4.23. The second kappa shape index (κ2) is 6.00. The summed E-state index contributed by atoms with van der Waals surface area (Å²) in [5.41, 5.74) is 0.671. The summed E-state index contributed by atoms with van der Waals surface area (Å²) in [5.74, 6) is 0.696. The molecule has 21 heavy (non-hydrogen) atoms. The molecule has 1 fully saturated rings. The quantitative estimate of drug-likeness (QED) is 0.937. The highest BCUT2D eigenvalue weighted by atomic mass is 35.5. The van der Waals surface area contributed by atoms with E-state index in [-0.39, 0.29) is 12.0 Å². The average molecular weight is 325 g/mol. The number of likely N-dealkylation sites (tertiary alicyclic amines) is 1. The summed E-state index contributed by atoms with van der Waals surface area (Å²) in [6, 6.07) is 6.96. The van der Waals surface area contributed by atoms with Crippen LogP contribution in [-0.4, -0.2) is 35.0 Å². The molecule has 3 rings (SSSR count). The van der Waals surface area contributed by atoms with Crippen LogP contribution in [0.5, 0.6) is 5.75 Å². The van der Waals surface area contributed by atoms with Gasteiger partial charge in [0.05, 0.1) is 22.2 Å². The highest BCUT2D eigenvalue weighted by Crippen LogP contribution is 2.28. The van der Waals surface area contributed by atoms with E-state index in [1.54, 1.807) is 41.6 Å². The van der Waals surface area contributed by atoms with Crippen molar-refractivity contribution in [1.29, 1.82) is 0 Å². The van der Waals surface area contributed by atoms with Crippen LogP contribution in [0.1, 0.15) is 16.8 Å². The predicted octanol–water partition coefficient (Wildman–Crippen LogP) is 3.62. The smallest absolute Gasteiger partial charge is 0.255 e. The molecule has 1 saturated heterocycles. The number of amides is 1. The zero-order valence-electron chi connectivity index (χ0n) is 11.2. The van der Waals surface area contributed by atoms with Gasteiger partial charge in [-0.25, -0.2) is 0 Å². The minimum absolute atomic E-state index is 0.0230. The van der Waals surface area contributed by atoms with Crippen molar-refractivity contribution in [2.24, 2.45) is 0 Å². The van der Waals surface area contributed by atoms with Crippen molar-refractivity contribution >= 4 is 29.1 Å². The molecule has 0 aliphatic carbocycles. The molecule has 1 aliphatic rings. The lowest BCUT2D eigenvalue weighted by Gasteiger charge is -2.17. The Hall–Kier alpha value is -1.65. The van der Waals surface area contributed by atoms with Crippen LogP contribution in [0.4, 0.5) is 0 Å². The first-order valence-corrected chi connectivity index (χ1v) is 7.43. The molecule has 0 bridgehead atoms. The Kier molecular flexibility index (Phi) is 4.08. The molecule has 1 aliphatic heterocycles. The number of nitrogens with one attached hydrogen (secondary N) is 1. The minimum atomic E-state index is -0.0230. The molecule has 1 N–H and O–H groups in total. The highest BCUT2D eigenvalue weighted by Gasteiger charge is 2.28. The first-order valence-electron chi connectivity index (χ1n) is 6.67. The number of hydrogen-bond donors (Lipinski definition) is 1. The molecule has 2 aromatic rings. The van der Waals surface area contributed by atoms with Crippen LogP contribution in [0.25, 0.3) is 0 Å². The van der Waals surface area contributed by atoms with E-state index in [1.165, 1.54) is 0 Å². The van der Waals surface area contributed by atoms with E-state index < -0.39 is 0 Å². The average Bonchev–Trinajstić information content (AvgIpc) is 3.13. The van der Waals surface area contributed by atoms with E-state index in [0.717, 1.165) is 6.42 Å². The third kappa shape index (κ3) is 3.17. The Morgan fingerprint density at radius 1 is 1.29 bits per heavy atom. The first kappa shape index (κ1) is 14.3. The largest absolute Gasteiger partial charge is 0.488 e. The Balaban J connectivity index is 1.62. The molecule has 6 heteroatoms. The number of aromatic nitrogens is 1. The minimum Gasteiger partial charge on any atom is -0.488 e. The van der Waals surface area contributed by atoms with Gasteiger partial charge in [-0.3, -0.25) is 4.79 Å². The normalized spacial score (nSPS) is 18.0. The van der Waals surface area contributed by atoms with Crippen LogP contribution >= 0.6 is 23.2 Å². The summed E-state index contributed by atoms with van der Waals surface area (Å²) in [4.78, 5) is 16.9. The van der Waals surface area contributed by atoms with E-state index in [1.807, 2.05) is 0 Å². The van der Waals surface area contributed by atoms with Crippen LogP contribution in [0.15, 0.2) is 36.7 Å². The van der Waals surface area contributed by atoms with Gasteiger partial charge >= 0.3 is 0 Å². The lowest BCUT2D eigenvalue weighted by atomic mass is 10.3. The molecule has 1 aromatic carbocycles. The lowest BCUT2D eigenvalue weighted by Crippen LogP contribution is -2.30. The summed E-state index contributed by atoms with van der Waals surface area (Å²) in [6.45, 7) is 1.26. The van der Waals surface area contributed by atoms with Crippen LogP contribution in [-0.2, 0) is 0 Å². The molecule has 0 saturated carbocycles. The maximum absolute atomic E-state index is 12.2. The van der Waals surface area contributed by atoms with Gasteiger partial charge in [-0.05, 0) is 18.2 Å². The number of carbonyl (C=O) groups excluding carboxylic acids is 1. The SMILES string of the molecule is O=C(c1cc[nH]c1)N1CCC(Oc2ccc(Cl)c(Cl)c2)C1. The summed E-state index contributed by atoms with van der Waals surface area (Å²) in [5, 5.41) is 0.965. The topological polar surface area (TPSA) is 45.3 Å². The third-order valence-corrected chi connectivity index (χ3v) is 4.21. The van der Waals surface area contributed by atoms with Crippen molar-refractivity contribution in [2.75, 3.05) is 13.1 Å². The first-order chi connectivity index (χ1) is 10.1. The monoisotopic (exact) mass is 324 g/mol. The van der Waals surface area contributed by atoms with Crippen LogP contribution in [0.2, 0.25) is 10.0 Å². The fourth-order valence-corrected chi connectivity index (χ4v) is 2.68. The number of carbonyl (C=O) groups is 1. The van der Waals surface area contributed by atoms with Gasteiger partial charge in [0.25, 0.3) is 5.91 Å². The van der Waals surface area contributed by atoms with Crippen molar-refractivity contribution in [3.63, 3.8) is 0 Å². The fourth-order valence-electron chi connectivity index (χ4n) is 2.39. The number of aromatic amines is 1. The lowest BCUT2D eigenvalue weighted by molar-refractivity contribution is 0.0772. The Labute approximate surface area is 132 Å². The van der Waals surface area contributed by atoms with E-state index >= 15 is 0 Å². The molecule has 1 unspecified atom stereocenters. The second-order valence-electron chi connectivity index (χ2n) is 4.96. The van der Waals surface area contributed by atoms with Gasteiger partial charge in [-0.15, -0.1) is 0 Å². The number of ether oxygens (including phenoxy) is 1. The van der Waals surface area contributed by atoms with Gasteiger partial charge in [0.1, 0.15) is 11.9 Å². The highest BCUT2D eigenvalue weighted by molar-refractivity contribution is 6.42. The number of hydrogen-bond acceptors (Lipinski definition) is 2. The predicted molar refractivity (Wildman–Crippen MR) is 82.2 cm³/mol. The Morgan fingerprint density at radius 2 is 2.14 bits per heavy atom. The van der Waals surface area contributed by atoms with Gasteiger partial charge in [-0.2, -0.15) is 0 Å². The zero-order chi connectivity index (χ0) is 14.8. The Bertz CT molecular complexity index is 643. The number of halogens is 2. The maximum Gasteiger partial charge on any atom is 0.255 e. The molecular weight excluding hydrogens is 311 g/mol. The van der Waals surface area contributed by atoms with Crippen LogP contribution in [0.3, 0.4) is 0 Å².